The predicted molar refractivity (Wildman–Crippen MR) is 58.5 cm³/mol. The molecule has 0 spiro atoms. The first kappa shape index (κ1) is 13.1. The largest absolute Gasteiger partial charge is 0.493 e. The molecule has 0 saturated heterocycles. The first-order valence-corrected chi connectivity index (χ1v) is 6.54. The van der Waals surface area contributed by atoms with Crippen LogP contribution in [0.15, 0.2) is 23.1 Å². The Morgan fingerprint density at radius 2 is 1.94 bits per heavy atom. The molecule has 0 N–H and O–H groups in total. The number of benzene rings is 1. The lowest BCUT2D eigenvalue weighted by atomic mass is 10.3. The van der Waals surface area contributed by atoms with E-state index in [2.05, 4.69) is 0 Å². The molecule has 0 radical (unpaired) electrons. The van der Waals surface area contributed by atoms with Crippen molar-refractivity contribution < 1.29 is 22.6 Å². The van der Waals surface area contributed by atoms with Crippen LogP contribution >= 0.6 is 10.7 Å². The third-order valence-electron chi connectivity index (χ3n) is 1.75. The van der Waals surface area contributed by atoms with Gasteiger partial charge in [0.15, 0.2) is 18.3 Å². The zero-order valence-electron chi connectivity index (χ0n) is 8.77. The molecule has 1 rings (SSSR count). The van der Waals surface area contributed by atoms with Crippen molar-refractivity contribution in [2.75, 3.05) is 21.0 Å². The lowest BCUT2D eigenvalue weighted by Crippen LogP contribution is -2.01. The highest BCUT2D eigenvalue weighted by molar-refractivity contribution is 8.13. The smallest absolute Gasteiger partial charge is 0.261 e. The van der Waals surface area contributed by atoms with Crippen LogP contribution in [-0.4, -0.2) is 29.4 Å². The third-order valence-corrected chi connectivity index (χ3v) is 3.10. The molecule has 16 heavy (non-hydrogen) atoms. The Morgan fingerprint density at radius 1 is 1.25 bits per heavy atom. The van der Waals surface area contributed by atoms with Crippen molar-refractivity contribution in [2.45, 2.75) is 4.90 Å². The number of hydrogen-bond donors (Lipinski definition) is 0. The van der Waals surface area contributed by atoms with E-state index < -0.39 is 9.05 Å². The zero-order valence-corrected chi connectivity index (χ0v) is 10.3. The Hall–Kier alpha value is -0.980. The van der Waals surface area contributed by atoms with Crippen LogP contribution in [0.4, 0.5) is 0 Å². The molecule has 0 fully saturated rings. The number of halogens is 1. The summed E-state index contributed by atoms with van der Waals surface area (Å²) >= 11 is 0. The van der Waals surface area contributed by atoms with Crippen molar-refractivity contribution in [3.8, 4) is 11.5 Å². The van der Waals surface area contributed by atoms with E-state index in [4.69, 9.17) is 24.9 Å². The van der Waals surface area contributed by atoms with Crippen LogP contribution in [0, 0.1) is 0 Å². The predicted octanol–water partition coefficient (Wildman–Crippen LogP) is 1.61. The molecule has 0 amide bonds. The van der Waals surface area contributed by atoms with Crippen molar-refractivity contribution in [1.29, 1.82) is 0 Å². The van der Waals surface area contributed by atoms with Crippen molar-refractivity contribution in [1.82, 2.24) is 0 Å². The number of hydrogen-bond acceptors (Lipinski definition) is 5. The molecule has 90 valence electrons. The summed E-state index contributed by atoms with van der Waals surface area (Å²) in [4.78, 5) is -0.0456. The lowest BCUT2D eigenvalue weighted by molar-refractivity contribution is 0.0491. The number of ether oxygens (including phenoxy) is 3. The maximum atomic E-state index is 11.1. The Morgan fingerprint density at radius 3 is 2.44 bits per heavy atom. The van der Waals surface area contributed by atoms with Gasteiger partial charge in [0.2, 0.25) is 0 Å². The molecule has 0 saturated carbocycles. The topological polar surface area (TPSA) is 61.8 Å². The van der Waals surface area contributed by atoms with Crippen LogP contribution < -0.4 is 9.47 Å². The summed E-state index contributed by atoms with van der Waals surface area (Å²) in [5.41, 5.74) is 0. The first-order valence-electron chi connectivity index (χ1n) is 4.23. The minimum Gasteiger partial charge on any atom is -0.493 e. The van der Waals surface area contributed by atoms with E-state index in [-0.39, 0.29) is 17.4 Å². The summed E-state index contributed by atoms with van der Waals surface area (Å²) in [6.07, 6.45) is 0. The Kier molecular flexibility index (Phi) is 4.40. The summed E-state index contributed by atoms with van der Waals surface area (Å²) in [6, 6.07) is 4.07. The standard InChI is InChI=1S/C9H11ClO5S/c1-13-6-15-8-4-3-7(16(10,11)12)5-9(8)14-2/h3-5H,6H2,1-2H3. The molecule has 0 aromatic heterocycles. The molecular formula is C9H11ClO5S. The van der Waals surface area contributed by atoms with Gasteiger partial charge in [-0.3, -0.25) is 0 Å². The van der Waals surface area contributed by atoms with Gasteiger partial charge in [-0.1, -0.05) is 0 Å². The van der Waals surface area contributed by atoms with E-state index in [1.807, 2.05) is 0 Å². The van der Waals surface area contributed by atoms with Gasteiger partial charge >= 0.3 is 0 Å². The molecule has 1 aromatic rings. The Bertz CT molecular complexity index is 457. The number of rotatable bonds is 5. The second-order valence-corrected chi connectivity index (χ2v) is 5.37. The van der Waals surface area contributed by atoms with Crippen LogP contribution in [-0.2, 0) is 13.8 Å². The molecule has 0 aliphatic heterocycles. The summed E-state index contributed by atoms with van der Waals surface area (Å²) < 4.78 is 37.0. The van der Waals surface area contributed by atoms with E-state index in [0.717, 1.165) is 0 Å². The van der Waals surface area contributed by atoms with Gasteiger partial charge in [-0.15, -0.1) is 0 Å². The van der Waals surface area contributed by atoms with Gasteiger partial charge < -0.3 is 14.2 Å². The molecule has 0 atom stereocenters. The highest BCUT2D eigenvalue weighted by Gasteiger charge is 2.14. The summed E-state index contributed by atoms with van der Waals surface area (Å²) in [5, 5.41) is 0. The molecule has 7 heteroatoms. The van der Waals surface area contributed by atoms with Crippen LogP contribution in [0.25, 0.3) is 0 Å². The van der Waals surface area contributed by atoms with Crippen molar-refractivity contribution in [3.63, 3.8) is 0 Å². The van der Waals surface area contributed by atoms with Gasteiger partial charge in [0, 0.05) is 23.9 Å². The van der Waals surface area contributed by atoms with Crippen LogP contribution in [0.3, 0.4) is 0 Å². The maximum absolute atomic E-state index is 11.1. The molecule has 0 bridgehead atoms. The fourth-order valence-electron chi connectivity index (χ4n) is 1.04. The highest BCUT2D eigenvalue weighted by atomic mass is 35.7. The van der Waals surface area contributed by atoms with Gasteiger partial charge in [0.1, 0.15) is 0 Å². The molecule has 5 nitrogen and oxygen atoms in total. The third kappa shape index (κ3) is 3.26. The Balaban J connectivity index is 3.07. The van der Waals surface area contributed by atoms with Crippen LogP contribution in [0.2, 0.25) is 0 Å². The minimum absolute atomic E-state index is 0.0450. The maximum Gasteiger partial charge on any atom is 0.261 e. The van der Waals surface area contributed by atoms with Crippen LogP contribution in [0.1, 0.15) is 0 Å². The van der Waals surface area contributed by atoms with E-state index >= 15 is 0 Å². The molecule has 0 unspecified atom stereocenters. The van der Waals surface area contributed by atoms with Crippen LogP contribution in [0.5, 0.6) is 11.5 Å². The van der Waals surface area contributed by atoms with Gasteiger partial charge in [0.25, 0.3) is 9.05 Å². The quantitative estimate of drug-likeness (QED) is 0.598. The second kappa shape index (κ2) is 5.38. The van der Waals surface area contributed by atoms with Gasteiger partial charge in [-0.25, -0.2) is 8.42 Å². The van der Waals surface area contributed by atoms with E-state index in [1.165, 1.54) is 32.4 Å². The van der Waals surface area contributed by atoms with Crippen molar-refractivity contribution in [2.24, 2.45) is 0 Å². The van der Waals surface area contributed by atoms with Crippen molar-refractivity contribution in [3.05, 3.63) is 18.2 Å². The molecular weight excluding hydrogens is 256 g/mol. The van der Waals surface area contributed by atoms with E-state index in [1.54, 1.807) is 0 Å². The average molecular weight is 267 g/mol. The monoisotopic (exact) mass is 266 g/mol. The molecule has 0 aliphatic carbocycles. The number of methoxy groups -OCH3 is 2. The zero-order chi connectivity index (χ0) is 12.2. The Labute approximate surface area is 98.3 Å². The fraction of sp³-hybridized carbons (Fsp3) is 0.333. The van der Waals surface area contributed by atoms with Gasteiger partial charge in [-0.2, -0.15) is 0 Å². The van der Waals surface area contributed by atoms with E-state index in [0.29, 0.717) is 5.75 Å². The van der Waals surface area contributed by atoms with E-state index in [9.17, 15) is 8.42 Å². The van der Waals surface area contributed by atoms with Crippen molar-refractivity contribution >= 4 is 19.7 Å². The molecule has 1 aromatic carbocycles. The normalized spacial score (nSPS) is 11.2. The second-order valence-electron chi connectivity index (χ2n) is 2.80. The SMILES string of the molecule is COCOc1ccc(S(=O)(=O)Cl)cc1OC. The highest BCUT2D eigenvalue weighted by Crippen LogP contribution is 2.30. The summed E-state index contributed by atoms with van der Waals surface area (Å²) in [5.74, 6) is 0.659. The average Bonchev–Trinajstić information content (AvgIpc) is 2.24. The first-order chi connectivity index (χ1) is 7.49. The fourth-order valence-corrected chi connectivity index (χ4v) is 1.81. The van der Waals surface area contributed by atoms with Gasteiger partial charge in [-0.05, 0) is 12.1 Å². The van der Waals surface area contributed by atoms with Gasteiger partial charge in [0.05, 0.1) is 12.0 Å². The molecule has 0 heterocycles. The lowest BCUT2D eigenvalue weighted by Gasteiger charge is -2.10. The minimum atomic E-state index is -3.77. The molecule has 0 aliphatic rings. The summed E-state index contributed by atoms with van der Waals surface area (Å²) in [6.45, 7) is 0.0450. The summed E-state index contributed by atoms with van der Waals surface area (Å²) in [7, 11) is 4.31.